The van der Waals surface area contributed by atoms with Crippen molar-refractivity contribution in [1.82, 2.24) is 0 Å². The average molecular weight is 224 g/mol. The number of aliphatic carboxylic acids is 1. The van der Waals surface area contributed by atoms with Crippen molar-refractivity contribution in [2.45, 2.75) is 31.8 Å². The molecule has 86 valence electrons. The van der Waals surface area contributed by atoms with Crippen LogP contribution in [0.4, 0.5) is 4.39 Å². The highest BCUT2D eigenvalue weighted by atomic mass is 19.1. The van der Waals surface area contributed by atoms with E-state index in [1.807, 2.05) is 0 Å². The fraction of sp³-hybridized carbons (Fsp3) is 0.417. The maximum atomic E-state index is 13.0. The van der Waals surface area contributed by atoms with Gasteiger partial charge in [-0.1, -0.05) is 0 Å². The minimum Gasteiger partial charge on any atom is -0.490 e. The monoisotopic (exact) mass is 224 g/mol. The van der Waals surface area contributed by atoms with Gasteiger partial charge in [0.25, 0.3) is 0 Å². The lowest BCUT2D eigenvalue weighted by atomic mass is 9.96. The van der Waals surface area contributed by atoms with E-state index in [9.17, 15) is 9.18 Å². The second kappa shape index (κ2) is 4.51. The first-order valence-corrected chi connectivity index (χ1v) is 5.32. The van der Waals surface area contributed by atoms with Gasteiger partial charge in [0.05, 0.1) is 12.5 Å². The summed E-state index contributed by atoms with van der Waals surface area (Å²) >= 11 is 0. The van der Waals surface area contributed by atoms with Crippen LogP contribution >= 0.6 is 0 Å². The predicted octanol–water partition coefficient (Wildman–Crippen LogP) is 2.38. The molecular weight excluding hydrogens is 211 g/mol. The summed E-state index contributed by atoms with van der Waals surface area (Å²) < 4.78 is 18.6. The van der Waals surface area contributed by atoms with Crippen LogP contribution in [-0.4, -0.2) is 17.2 Å². The van der Waals surface area contributed by atoms with Gasteiger partial charge in [0, 0.05) is 5.56 Å². The number of carboxylic acid groups (broad SMARTS) is 1. The molecule has 0 unspecified atom stereocenters. The lowest BCUT2D eigenvalue weighted by Gasteiger charge is -2.27. The molecule has 16 heavy (non-hydrogen) atoms. The van der Waals surface area contributed by atoms with Crippen molar-refractivity contribution in [2.24, 2.45) is 0 Å². The number of carboxylic acids is 1. The van der Waals surface area contributed by atoms with Crippen LogP contribution in [0.25, 0.3) is 0 Å². The molecule has 0 aromatic heterocycles. The van der Waals surface area contributed by atoms with Crippen LogP contribution < -0.4 is 4.74 Å². The van der Waals surface area contributed by atoms with Gasteiger partial charge in [0.15, 0.2) is 0 Å². The van der Waals surface area contributed by atoms with E-state index in [-0.39, 0.29) is 12.5 Å². The summed E-state index contributed by atoms with van der Waals surface area (Å²) in [6.07, 6.45) is 3.08. The molecule has 0 atom stereocenters. The fourth-order valence-electron chi connectivity index (χ4n) is 1.63. The molecule has 0 bridgehead atoms. The van der Waals surface area contributed by atoms with E-state index in [1.54, 1.807) is 0 Å². The lowest BCUT2D eigenvalue weighted by Crippen LogP contribution is -2.25. The Morgan fingerprint density at radius 2 is 2.25 bits per heavy atom. The molecule has 0 aliphatic heterocycles. The zero-order valence-corrected chi connectivity index (χ0v) is 8.78. The zero-order valence-electron chi connectivity index (χ0n) is 8.78. The van der Waals surface area contributed by atoms with Crippen LogP contribution in [0.15, 0.2) is 18.2 Å². The third-order valence-electron chi connectivity index (χ3n) is 2.71. The van der Waals surface area contributed by atoms with Crippen molar-refractivity contribution in [1.29, 1.82) is 0 Å². The minimum atomic E-state index is -0.982. The van der Waals surface area contributed by atoms with Crippen molar-refractivity contribution in [3.8, 4) is 5.75 Å². The Labute approximate surface area is 92.9 Å². The molecule has 0 spiro atoms. The van der Waals surface area contributed by atoms with Crippen molar-refractivity contribution in [3.63, 3.8) is 0 Å². The van der Waals surface area contributed by atoms with Gasteiger partial charge in [0.2, 0.25) is 0 Å². The highest BCUT2D eigenvalue weighted by molar-refractivity contribution is 5.71. The van der Waals surface area contributed by atoms with Gasteiger partial charge in [-0.15, -0.1) is 0 Å². The van der Waals surface area contributed by atoms with Crippen molar-refractivity contribution >= 4 is 5.97 Å². The Bertz CT molecular complexity index is 399. The maximum absolute atomic E-state index is 13.0. The number of carbonyl (C=O) groups is 1. The number of halogens is 1. The van der Waals surface area contributed by atoms with E-state index in [0.717, 1.165) is 19.3 Å². The molecule has 1 aliphatic rings. The minimum absolute atomic E-state index is 0.165. The molecule has 3 nitrogen and oxygen atoms in total. The third kappa shape index (κ3) is 2.51. The van der Waals surface area contributed by atoms with E-state index < -0.39 is 11.8 Å². The summed E-state index contributed by atoms with van der Waals surface area (Å²) in [4.78, 5) is 10.6. The predicted molar refractivity (Wildman–Crippen MR) is 56.0 cm³/mol. The smallest absolute Gasteiger partial charge is 0.307 e. The third-order valence-corrected chi connectivity index (χ3v) is 2.71. The van der Waals surface area contributed by atoms with Gasteiger partial charge in [0.1, 0.15) is 11.6 Å². The number of hydrogen-bond donors (Lipinski definition) is 1. The van der Waals surface area contributed by atoms with Gasteiger partial charge in [-0.2, -0.15) is 0 Å². The normalized spacial score (nSPS) is 15.6. The summed E-state index contributed by atoms with van der Waals surface area (Å²) in [6.45, 7) is 0. The molecule has 1 saturated carbocycles. The second-order valence-corrected chi connectivity index (χ2v) is 3.99. The summed E-state index contributed by atoms with van der Waals surface area (Å²) in [5.41, 5.74) is 0.402. The highest BCUT2D eigenvalue weighted by Crippen LogP contribution is 2.28. The molecule has 4 heteroatoms. The van der Waals surface area contributed by atoms with Crippen LogP contribution in [-0.2, 0) is 11.2 Å². The Balaban J connectivity index is 2.16. The Morgan fingerprint density at radius 1 is 1.50 bits per heavy atom. The summed E-state index contributed by atoms with van der Waals surface area (Å²) in [5.74, 6) is -0.922. The molecule has 0 radical (unpaired) electrons. The summed E-state index contributed by atoms with van der Waals surface area (Å²) in [6, 6.07) is 4.02. The maximum Gasteiger partial charge on any atom is 0.307 e. The first-order chi connectivity index (χ1) is 7.65. The van der Waals surface area contributed by atoms with Crippen LogP contribution in [0.2, 0.25) is 0 Å². The van der Waals surface area contributed by atoms with Gasteiger partial charge < -0.3 is 9.84 Å². The zero-order chi connectivity index (χ0) is 11.5. The number of rotatable bonds is 4. The van der Waals surface area contributed by atoms with Gasteiger partial charge in [-0.25, -0.2) is 4.39 Å². The molecule has 1 aliphatic carbocycles. The first-order valence-electron chi connectivity index (χ1n) is 5.32. The van der Waals surface area contributed by atoms with E-state index in [4.69, 9.17) is 9.84 Å². The van der Waals surface area contributed by atoms with Gasteiger partial charge in [-0.3, -0.25) is 4.79 Å². The molecule has 1 N–H and O–H groups in total. The molecule has 0 amide bonds. The molecule has 1 aromatic rings. The second-order valence-electron chi connectivity index (χ2n) is 3.99. The van der Waals surface area contributed by atoms with Crippen LogP contribution in [0.1, 0.15) is 24.8 Å². The van der Waals surface area contributed by atoms with Crippen molar-refractivity contribution < 1.29 is 19.0 Å². The highest BCUT2D eigenvalue weighted by Gasteiger charge is 2.21. The average Bonchev–Trinajstić information content (AvgIpc) is 2.12. The Hall–Kier alpha value is -1.58. The quantitative estimate of drug-likeness (QED) is 0.854. The first kappa shape index (κ1) is 10.9. The fourth-order valence-corrected chi connectivity index (χ4v) is 1.63. The number of hydrogen-bond acceptors (Lipinski definition) is 2. The summed E-state index contributed by atoms with van der Waals surface area (Å²) in [5, 5.41) is 8.71. The number of ether oxygens (including phenoxy) is 1. The molecule has 1 fully saturated rings. The standard InChI is InChI=1S/C12H13FO3/c13-9-4-5-11(16-10-2-1-3-10)8(6-9)7-12(14)15/h4-6,10H,1-3,7H2,(H,14,15). The van der Waals surface area contributed by atoms with Gasteiger partial charge in [-0.05, 0) is 37.5 Å². The Kier molecular flexibility index (Phi) is 3.08. The largest absolute Gasteiger partial charge is 0.490 e. The topological polar surface area (TPSA) is 46.5 Å². The lowest BCUT2D eigenvalue weighted by molar-refractivity contribution is -0.136. The van der Waals surface area contributed by atoms with Crippen LogP contribution in [0.5, 0.6) is 5.75 Å². The van der Waals surface area contributed by atoms with E-state index in [0.29, 0.717) is 11.3 Å². The van der Waals surface area contributed by atoms with Crippen molar-refractivity contribution in [3.05, 3.63) is 29.6 Å². The van der Waals surface area contributed by atoms with Gasteiger partial charge >= 0.3 is 5.97 Å². The van der Waals surface area contributed by atoms with Crippen LogP contribution in [0, 0.1) is 5.82 Å². The molecule has 1 aromatic carbocycles. The van der Waals surface area contributed by atoms with E-state index in [1.165, 1.54) is 18.2 Å². The van der Waals surface area contributed by atoms with E-state index >= 15 is 0 Å². The molecule has 0 saturated heterocycles. The van der Waals surface area contributed by atoms with E-state index in [2.05, 4.69) is 0 Å². The number of benzene rings is 1. The molecule has 0 heterocycles. The molecular formula is C12H13FO3. The van der Waals surface area contributed by atoms with Crippen molar-refractivity contribution in [2.75, 3.05) is 0 Å². The molecule has 2 rings (SSSR count). The SMILES string of the molecule is O=C(O)Cc1cc(F)ccc1OC1CCC1. The van der Waals surface area contributed by atoms with Crippen LogP contribution in [0.3, 0.4) is 0 Å². The Morgan fingerprint density at radius 3 is 2.81 bits per heavy atom. The summed E-state index contributed by atoms with van der Waals surface area (Å²) in [7, 11) is 0.